The van der Waals surface area contributed by atoms with Gasteiger partial charge in [0.05, 0.1) is 13.1 Å². The molecule has 0 fully saturated rings. The van der Waals surface area contributed by atoms with Gasteiger partial charge in [0.2, 0.25) is 11.8 Å². The van der Waals surface area contributed by atoms with Gasteiger partial charge in [-0.15, -0.1) is 31.7 Å². The molecular weight excluding hydrogens is 238 g/mol. The zero-order chi connectivity index (χ0) is 12.3. The fourth-order valence-corrected chi connectivity index (χ4v) is 2.20. The average molecular weight is 253 g/mol. The molecule has 0 aromatic carbocycles. The van der Waals surface area contributed by atoms with Crippen molar-refractivity contribution in [1.82, 2.24) is 25.3 Å². The van der Waals surface area contributed by atoms with E-state index in [9.17, 15) is 0 Å². The molecule has 0 aliphatic heterocycles. The summed E-state index contributed by atoms with van der Waals surface area (Å²) in [6, 6.07) is 0. The normalized spacial score (nSPS) is 11.3. The third-order valence-corrected chi connectivity index (χ3v) is 3.01. The quantitative estimate of drug-likeness (QED) is 0.803. The molecule has 0 bridgehead atoms. The molecule has 0 unspecified atom stereocenters. The predicted molar refractivity (Wildman–Crippen MR) is 63.5 cm³/mol. The first-order valence-electron chi connectivity index (χ1n) is 5.46. The fourth-order valence-electron chi connectivity index (χ4n) is 1.41. The standard InChI is InChI=1S/C10H15N5OS/c1-4-8-12-13-9(16-8)5-15(3)6-10-14-11-7(2)17-10/h4-6H2,1-3H3. The highest BCUT2D eigenvalue weighted by Gasteiger charge is 2.10. The number of nitrogens with zero attached hydrogens (tertiary/aromatic N) is 5. The first-order valence-corrected chi connectivity index (χ1v) is 6.27. The van der Waals surface area contributed by atoms with Crippen LogP contribution in [0, 0.1) is 6.92 Å². The third-order valence-electron chi connectivity index (χ3n) is 2.19. The molecule has 2 heterocycles. The molecule has 2 rings (SSSR count). The second-order valence-electron chi connectivity index (χ2n) is 3.83. The summed E-state index contributed by atoms with van der Waals surface area (Å²) < 4.78 is 5.45. The van der Waals surface area contributed by atoms with Gasteiger partial charge in [0.1, 0.15) is 10.0 Å². The summed E-state index contributed by atoms with van der Waals surface area (Å²) in [5.41, 5.74) is 0. The van der Waals surface area contributed by atoms with Crippen molar-refractivity contribution in [3.05, 3.63) is 21.8 Å². The van der Waals surface area contributed by atoms with Gasteiger partial charge in [-0.1, -0.05) is 6.92 Å². The summed E-state index contributed by atoms with van der Waals surface area (Å²) in [5, 5.41) is 18.0. The minimum absolute atomic E-state index is 0.631. The zero-order valence-electron chi connectivity index (χ0n) is 10.2. The van der Waals surface area contributed by atoms with E-state index in [2.05, 4.69) is 25.3 Å². The number of aromatic nitrogens is 4. The zero-order valence-corrected chi connectivity index (χ0v) is 11.0. The van der Waals surface area contributed by atoms with E-state index in [1.807, 2.05) is 20.9 Å². The van der Waals surface area contributed by atoms with E-state index in [0.29, 0.717) is 18.3 Å². The largest absolute Gasteiger partial charge is 0.424 e. The Morgan fingerprint density at radius 3 is 2.47 bits per heavy atom. The van der Waals surface area contributed by atoms with Crippen LogP contribution in [0.4, 0.5) is 0 Å². The molecule has 2 aromatic rings. The molecule has 0 saturated carbocycles. The van der Waals surface area contributed by atoms with E-state index in [1.54, 1.807) is 11.3 Å². The smallest absolute Gasteiger partial charge is 0.230 e. The molecule has 6 nitrogen and oxygen atoms in total. The van der Waals surface area contributed by atoms with Gasteiger partial charge in [-0.2, -0.15) is 0 Å². The molecule has 0 N–H and O–H groups in total. The van der Waals surface area contributed by atoms with E-state index >= 15 is 0 Å². The molecule has 0 saturated heterocycles. The van der Waals surface area contributed by atoms with E-state index in [4.69, 9.17) is 4.42 Å². The van der Waals surface area contributed by atoms with Crippen molar-refractivity contribution >= 4 is 11.3 Å². The Kier molecular flexibility index (Phi) is 3.80. The Hall–Kier alpha value is -1.34. The van der Waals surface area contributed by atoms with Crippen molar-refractivity contribution in [3.8, 4) is 0 Å². The van der Waals surface area contributed by atoms with E-state index in [1.165, 1.54) is 0 Å². The Morgan fingerprint density at radius 2 is 1.88 bits per heavy atom. The molecule has 7 heteroatoms. The van der Waals surface area contributed by atoms with Crippen LogP contribution >= 0.6 is 11.3 Å². The number of aryl methyl sites for hydroxylation is 2. The summed E-state index contributed by atoms with van der Waals surface area (Å²) in [6.07, 6.45) is 0.770. The molecule has 0 aliphatic carbocycles. The molecular formula is C10H15N5OS. The first-order chi connectivity index (χ1) is 8.17. The molecule has 0 spiro atoms. The molecule has 92 valence electrons. The second kappa shape index (κ2) is 5.33. The SMILES string of the molecule is CCc1nnc(CN(C)Cc2nnc(C)s2)o1. The fraction of sp³-hybridized carbons (Fsp3) is 0.600. The monoisotopic (exact) mass is 253 g/mol. The average Bonchev–Trinajstić information content (AvgIpc) is 2.88. The minimum atomic E-state index is 0.631. The Balaban J connectivity index is 1.90. The van der Waals surface area contributed by atoms with Gasteiger partial charge in [-0.3, -0.25) is 4.90 Å². The van der Waals surface area contributed by atoms with Crippen LogP contribution in [-0.4, -0.2) is 32.3 Å². The summed E-state index contributed by atoms with van der Waals surface area (Å²) in [6.45, 7) is 5.32. The van der Waals surface area contributed by atoms with Crippen LogP contribution in [0.25, 0.3) is 0 Å². The van der Waals surface area contributed by atoms with Crippen molar-refractivity contribution in [3.63, 3.8) is 0 Å². The van der Waals surface area contributed by atoms with Crippen LogP contribution in [0.15, 0.2) is 4.42 Å². The summed E-state index contributed by atoms with van der Waals surface area (Å²) in [5.74, 6) is 1.32. The van der Waals surface area contributed by atoms with Crippen LogP contribution in [0.5, 0.6) is 0 Å². The minimum Gasteiger partial charge on any atom is -0.424 e. The molecule has 0 amide bonds. The van der Waals surface area contributed by atoms with Gasteiger partial charge in [0.25, 0.3) is 0 Å². The van der Waals surface area contributed by atoms with Gasteiger partial charge in [-0.25, -0.2) is 0 Å². The highest BCUT2D eigenvalue weighted by Crippen LogP contribution is 2.11. The second-order valence-corrected chi connectivity index (χ2v) is 5.10. The number of hydrogen-bond donors (Lipinski definition) is 0. The first kappa shape index (κ1) is 12.1. The summed E-state index contributed by atoms with van der Waals surface area (Å²) in [7, 11) is 1.99. The molecule has 0 aliphatic rings. The molecule has 0 radical (unpaired) electrons. The lowest BCUT2D eigenvalue weighted by atomic mass is 10.5. The maximum absolute atomic E-state index is 5.45. The van der Waals surface area contributed by atoms with E-state index < -0.39 is 0 Å². The lowest BCUT2D eigenvalue weighted by Crippen LogP contribution is -2.17. The predicted octanol–water partition coefficient (Wildman–Crippen LogP) is 1.42. The van der Waals surface area contributed by atoms with Crippen molar-refractivity contribution in [2.24, 2.45) is 0 Å². The van der Waals surface area contributed by atoms with Gasteiger partial charge in [-0.05, 0) is 14.0 Å². The Labute approximate surface area is 104 Å². The molecule has 17 heavy (non-hydrogen) atoms. The molecule has 2 aromatic heterocycles. The van der Waals surface area contributed by atoms with Gasteiger partial charge in [0.15, 0.2) is 0 Å². The third kappa shape index (κ3) is 3.31. The van der Waals surface area contributed by atoms with Crippen LogP contribution < -0.4 is 0 Å². The van der Waals surface area contributed by atoms with Crippen molar-refractivity contribution in [2.75, 3.05) is 7.05 Å². The van der Waals surface area contributed by atoms with Crippen LogP contribution in [0.2, 0.25) is 0 Å². The van der Waals surface area contributed by atoms with Crippen LogP contribution in [-0.2, 0) is 19.5 Å². The highest BCUT2D eigenvalue weighted by molar-refractivity contribution is 7.11. The van der Waals surface area contributed by atoms with Crippen LogP contribution in [0.1, 0.15) is 28.7 Å². The Bertz CT molecular complexity index is 481. The number of hydrogen-bond acceptors (Lipinski definition) is 7. The van der Waals surface area contributed by atoms with Gasteiger partial charge < -0.3 is 4.42 Å². The van der Waals surface area contributed by atoms with E-state index in [-0.39, 0.29) is 0 Å². The van der Waals surface area contributed by atoms with Crippen molar-refractivity contribution in [1.29, 1.82) is 0 Å². The summed E-state index contributed by atoms with van der Waals surface area (Å²) >= 11 is 1.61. The van der Waals surface area contributed by atoms with Crippen molar-refractivity contribution < 1.29 is 4.42 Å². The van der Waals surface area contributed by atoms with Crippen LogP contribution in [0.3, 0.4) is 0 Å². The lowest BCUT2D eigenvalue weighted by Gasteiger charge is -2.11. The van der Waals surface area contributed by atoms with Crippen molar-refractivity contribution in [2.45, 2.75) is 33.4 Å². The Morgan fingerprint density at radius 1 is 1.12 bits per heavy atom. The highest BCUT2D eigenvalue weighted by atomic mass is 32.1. The van der Waals surface area contributed by atoms with Gasteiger partial charge >= 0.3 is 0 Å². The van der Waals surface area contributed by atoms with Gasteiger partial charge in [0, 0.05) is 6.42 Å². The molecule has 0 atom stereocenters. The maximum Gasteiger partial charge on any atom is 0.230 e. The topological polar surface area (TPSA) is 67.9 Å². The number of rotatable bonds is 5. The maximum atomic E-state index is 5.45. The summed E-state index contributed by atoms with van der Waals surface area (Å²) in [4.78, 5) is 2.08. The van der Waals surface area contributed by atoms with E-state index in [0.717, 1.165) is 23.0 Å². The lowest BCUT2D eigenvalue weighted by molar-refractivity contribution is 0.276.